The molecule has 0 amide bonds. The molecule has 1 heterocycles. The lowest BCUT2D eigenvalue weighted by Crippen LogP contribution is -2.06. The van der Waals surface area contributed by atoms with Crippen LogP contribution in [0, 0.1) is 11.3 Å². The van der Waals surface area contributed by atoms with Crippen LogP contribution < -0.4 is 5.73 Å². The van der Waals surface area contributed by atoms with E-state index in [1.54, 1.807) is 0 Å². The molecule has 3 rings (SSSR count). The van der Waals surface area contributed by atoms with Gasteiger partial charge in [-0.05, 0) is 35.4 Å². The standard InChI is InChI=1S/C19H14BrClN4S/c20-14-5-1-13(2-6-14)11-26-19-24-17(16(10-22)18(23)25-19)9-12-3-7-15(21)8-4-12/h1-8H,9,11H2,(H2,23,24,25). The van der Waals surface area contributed by atoms with Crippen LogP contribution in [-0.4, -0.2) is 9.97 Å². The first-order chi connectivity index (χ1) is 12.5. The topological polar surface area (TPSA) is 75.6 Å². The van der Waals surface area contributed by atoms with E-state index in [1.807, 2.05) is 48.5 Å². The molecule has 0 atom stereocenters. The predicted octanol–water partition coefficient (Wildman–Crippen LogP) is 5.23. The van der Waals surface area contributed by atoms with E-state index in [0.29, 0.717) is 27.9 Å². The summed E-state index contributed by atoms with van der Waals surface area (Å²) in [5.41, 5.74) is 9.10. The average Bonchev–Trinajstić information content (AvgIpc) is 2.63. The van der Waals surface area contributed by atoms with Crippen molar-refractivity contribution in [3.8, 4) is 6.07 Å². The van der Waals surface area contributed by atoms with Crippen molar-refractivity contribution in [2.24, 2.45) is 0 Å². The van der Waals surface area contributed by atoms with Crippen molar-refractivity contribution in [1.82, 2.24) is 9.97 Å². The van der Waals surface area contributed by atoms with Crippen LogP contribution in [0.2, 0.25) is 5.02 Å². The van der Waals surface area contributed by atoms with E-state index >= 15 is 0 Å². The van der Waals surface area contributed by atoms with E-state index in [0.717, 1.165) is 21.4 Å². The quantitative estimate of drug-likeness (QED) is 0.430. The highest BCUT2D eigenvalue weighted by Gasteiger charge is 2.13. The summed E-state index contributed by atoms with van der Waals surface area (Å²) >= 11 is 10.8. The number of rotatable bonds is 5. The summed E-state index contributed by atoms with van der Waals surface area (Å²) in [6.07, 6.45) is 0.499. The second-order valence-electron chi connectivity index (χ2n) is 5.54. The number of nitrogens with zero attached hydrogens (tertiary/aromatic N) is 3. The Morgan fingerprint density at radius 1 is 1.04 bits per heavy atom. The van der Waals surface area contributed by atoms with Crippen molar-refractivity contribution in [3.63, 3.8) is 0 Å². The average molecular weight is 446 g/mol. The number of hydrogen-bond acceptors (Lipinski definition) is 5. The third kappa shape index (κ3) is 4.76. The molecule has 0 spiro atoms. The van der Waals surface area contributed by atoms with Gasteiger partial charge in [-0.2, -0.15) is 5.26 Å². The third-order valence-corrected chi connectivity index (χ3v) is 5.37. The Morgan fingerprint density at radius 2 is 1.69 bits per heavy atom. The molecule has 0 saturated heterocycles. The molecule has 0 saturated carbocycles. The van der Waals surface area contributed by atoms with Gasteiger partial charge in [-0.1, -0.05) is 63.6 Å². The van der Waals surface area contributed by atoms with Crippen molar-refractivity contribution < 1.29 is 0 Å². The Hall–Kier alpha value is -2.07. The van der Waals surface area contributed by atoms with Crippen LogP contribution in [0.3, 0.4) is 0 Å². The van der Waals surface area contributed by atoms with E-state index in [4.69, 9.17) is 17.3 Å². The highest BCUT2D eigenvalue weighted by Crippen LogP contribution is 2.25. The van der Waals surface area contributed by atoms with Gasteiger partial charge in [0.1, 0.15) is 17.5 Å². The van der Waals surface area contributed by atoms with E-state index < -0.39 is 0 Å². The molecule has 0 radical (unpaired) electrons. The number of aromatic nitrogens is 2. The van der Waals surface area contributed by atoms with E-state index in [-0.39, 0.29) is 5.82 Å². The molecule has 2 aromatic carbocycles. The van der Waals surface area contributed by atoms with Crippen molar-refractivity contribution in [3.05, 3.63) is 80.4 Å². The Morgan fingerprint density at radius 3 is 2.35 bits per heavy atom. The molecule has 2 N–H and O–H groups in total. The van der Waals surface area contributed by atoms with Gasteiger partial charge in [-0.15, -0.1) is 0 Å². The summed E-state index contributed by atoms with van der Waals surface area (Å²) in [6, 6.07) is 17.6. The molecule has 0 bridgehead atoms. The second-order valence-corrected chi connectivity index (χ2v) is 7.84. The number of nitrogens with two attached hydrogens (primary N) is 1. The SMILES string of the molecule is N#Cc1c(N)nc(SCc2ccc(Br)cc2)nc1Cc1ccc(Cl)cc1. The van der Waals surface area contributed by atoms with Crippen molar-refractivity contribution in [2.75, 3.05) is 5.73 Å². The maximum Gasteiger partial charge on any atom is 0.190 e. The molecular formula is C19H14BrClN4S. The number of nitrogen functional groups attached to an aromatic ring is 1. The molecule has 0 aliphatic carbocycles. The molecule has 7 heteroatoms. The number of thioether (sulfide) groups is 1. The molecule has 0 aliphatic heterocycles. The Bertz CT molecular complexity index is 953. The molecule has 0 fully saturated rings. The summed E-state index contributed by atoms with van der Waals surface area (Å²) in [7, 11) is 0. The molecule has 26 heavy (non-hydrogen) atoms. The largest absolute Gasteiger partial charge is 0.382 e. The monoisotopic (exact) mass is 444 g/mol. The van der Waals surface area contributed by atoms with Crippen LogP contribution in [0.15, 0.2) is 58.2 Å². The first kappa shape index (κ1) is 18.7. The Labute approximate surface area is 169 Å². The van der Waals surface area contributed by atoms with Crippen LogP contribution in [0.25, 0.3) is 0 Å². The third-order valence-electron chi connectivity index (χ3n) is 3.67. The molecule has 130 valence electrons. The minimum Gasteiger partial charge on any atom is -0.382 e. The Balaban J connectivity index is 1.83. The zero-order valence-corrected chi connectivity index (χ0v) is 16.8. The Kier molecular flexibility index (Phi) is 6.15. The summed E-state index contributed by atoms with van der Waals surface area (Å²) in [6.45, 7) is 0. The number of nitriles is 1. The number of anilines is 1. The summed E-state index contributed by atoms with van der Waals surface area (Å²) in [5.74, 6) is 0.934. The fourth-order valence-electron chi connectivity index (χ4n) is 2.34. The van der Waals surface area contributed by atoms with Crippen molar-refractivity contribution >= 4 is 45.1 Å². The summed E-state index contributed by atoms with van der Waals surface area (Å²) in [4.78, 5) is 8.83. The lowest BCUT2D eigenvalue weighted by molar-refractivity contribution is 0.902. The van der Waals surface area contributed by atoms with Gasteiger partial charge in [0.25, 0.3) is 0 Å². The van der Waals surface area contributed by atoms with Gasteiger partial charge in [-0.25, -0.2) is 9.97 Å². The van der Waals surface area contributed by atoms with Crippen molar-refractivity contribution in [2.45, 2.75) is 17.3 Å². The van der Waals surface area contributed by atoms with Crippen LogP contribution in [0.4, 0.5) is 5.82 Å². The summed E-state index contributed by atoms with van der Waals surface area (Å²) < 4.78 is 1.04. The lowest BCUT2D eigenvalue weighted by Gasteiger charge is -2.09. The second kappa shape index (κ2) is 8.54. The highest BCUT2D eigenvalue weighted by molar-refractivity contribution is 9.10. The predicted molar refractivity (Wildman–Crippen MR) is 109 cm³/mol. The number of hydrogen-bond donors (Lipinski definition) is 1. The molecule has 0 unspecified atom stereocenters. The highest BCUT2D eigenvalue weighted by atomic mass is 79.9. The maximum absolute atomic E-state index is 9.40. The maximum atomic E-state index is 9.40. The molecule has 0 aliphatic rings. The van der Waals surface area contributed by atoms with Gasteiger partial charge >= 0.3 is 0 Å². The van der Waals surface area contributed by atoms with Gasteiger partial charge in [-0.3, -0.25) is 0 Å². The molecule has 4 nitrogen and oxygen atoms in total. The van der Waals surface area contributed by atoms with Gasteiger partial charge in [0.15, 0.2) is 5.16 Å². The molecule has 3 aromatic rings. The van der Waals surface area contributed by atoms with Crippen molar-refractivity contribution in [1.29, 1.82) is 5.26 Å². The fraction of sp³-hybridized carbons (Fsp3) is 0.105. The lowest BCUT2D eigenvalue weighted by atomic mass is 10.1. The van der Waals surface area contributed by atoms with Crippen LogP contribution in [-0.2, 0) is 12.2 Å². The normalized spacial score (nSPS) is 10.5. The van der Waals surface area contributed by atoms with Crippen LogP contribution >= 0.6 is 39.3 Å². The van der Waals surface area contributed by atoms with Crippen LogP contribution in [0.1, 0.15) is 22.4 Å². The van der Waals surface area contributed by atoms with E-state index in [1.165, 1.54) is 11.8 Å². The molecular weight excluding hydrogens is 432 g/mol. The van der Waals surface area contributed by atoms with Gasteiger partial charge in [0.2, 0.25) is 0 Å². The van der Waals surface area contributed by atoms with E-state index in [2.05, 4.69) is 32.0 Å². The van der Waals surface area contributed by atoms with E-state index in [9.17, 15) is 5.26 Å². The smallest absolute Gasteiger partial charge is 0.190 e. The molecule has 1 aromatic heterocycles. The zero-order chi connectivity index (χ0) is 18.5. The van der Waals surface area contributed by atoms with Gasteiger partial charge in [0, 0.05) is 21.7 Å². The zero-order valence-electron chi connectivity index (χ0n) is 13.6. The van der Waals surface area contributed by atoms with Crippen LogP contribution in [0.5, 0.6) is 0 Å². The summed E-state index contributed by atoms with van der Waals surface area (Å²) in [5, 5.41) is 10.6. The minimum atomic E-state index is 0.213. The van der Waals surface area contributed by atoms with Gasteiger partial charge < -0.3 is 5.73 Å². The first-order valence-corrected chi connectivity index (χ1v) is 9.89. The number of halogens is 2. The number of benzene rings is 2. The first-order valence-electron chi connectivity index (χ1n) is 7.73. The fourth-order valence-corrected chi connectivity index (χ4v) is 3.56. The minimum absolute atomic E-state index is 0.213. The van der Waals surface area contributed by atoms with Gasteiger partial charge in [0.05, 0.1) is 5.69 Å².